The molecule has 0 aliphatic heterocycles. The normalized spacial score (nSPS) is 11.1. The van der Waals surface area contributed by atoms with Gasteiger partial charge in [-0.1, -0.05) is 18.2 Å². The van der Waals surface area contributed by atoms with Crippen LogP contribution in [0.25, 0.3) is 22.2 Å². The number of nitroso groups, excluding NO2 is 1. The Kier molecular flexibility index (Phi) is 9.18. The average molecular weight is 565 g/mol. The van der Waals surface area contributed by atoms with Crippen molar-refractivity contribution in [2.24, 2.45) is 12.3 Å². The average Bonchev–Trinajstić information content (AvgIpc) is 3.29. The van der Waals surface area contributed by atoms with Crippen molar-refractivity contribution >= 4 is 51.4 Å². The number of carbonyl (C=O) groups excluding carboxylic acids is 1. The van der Waals surface area contributed by atoms with Crippen LogP contribution in [0.2, 0.25) is 0 Å². The van der Waals surface area contributed by atoms with E-state index in [1.807, 2.05) is 68.1 Å². The quantitative estimate of drug-likeness (QED) is 0.145. The van der Waals surface area contributed by atoms with Crippen LogP contribution in [0.5, 0.6) is 5.75 Å². The van der Waals surface area contributed by atoms with Gasteiger partial charge in [0.2, 0.25) is 5.91 Å². The van der Waals surface area contributed by atoms with E-state index in [-0.39, 0.29) is 29.8 Å². The van der Waals surface area contributed by atoms with E-state index in [4.69, 9.17) is 16.3 Å². The van der Waals surface area contributed by atoms with Crippen molar-refractivity contribution in [1.29, 1.82) is 0 Å². The summed E-state index contributed by atoms with van der Waals surface area (Å²) in [4.78, 5) is 37.9. The monoisotopic (exact) mass is 564 g/mol. The summed E-state index contributed by atoms with van der Waals surface area (Å²) < 4.78 is 7.70. The standard InChI is InChI=1S/C28H33ClN8O3/c1-34(2)14-15-35(3)24-17-26(40-5)25(16-22(24)31-27(38)10-12-29)37(33-39)28-30-13-11-21(32-28)20-18-36(4)23-9-7-6-8-19(20)23/h6-9,11,13,16-18H,10,12,14-15H2,1-5H3,(H,31,38). The molecule has 0 saturated carbocycles. The second kappa shape index (κ2) is 12.8. The predicted molar refractivity (Wildman–Crippen MR) is 161 cm³/mol. The first-order valence-electron chi connectivity index (χ1n) is 12.7. The molecule has 2 aromatic carbocycles. The highest BCUT2D eigenvalue weighted by atomic mass is 35.5. The number of alkyl halides is 1. The number of likely N-dealkylation sites (N-methyl/N-ethyl adjacent to an activating group) is 2. The first kappa shape index (κ1) is 28.8. The fourth-order valence-electron chi connectivity index (χ4n) is 4.41. The summed E-state index contributed by atoms with van der Waals surface area (Å²) >= 11 is 5.81. The van der Waals surface area contributed by atoms with E-state index >= 15 is 0 Å². The molecule has 1 amide bonds. The Morgan fingerprint density at radius 3 is 2.60 bits per heavy atom. The topological polar surface area (TPSA) is 108 Å². The highest BCUT2D eigenvalue weighted by molar-refractivity contribution is 6.19. The molecule has 0 aliphatic carbocycles. The van der Waals surface area contributed by atoms with E-state index in [1.54, 1.807) is 24.4 Å². The van der Waals surface area contributed by atoms with Crippen molar-refractivity contribution in [3.8, 4) is 17.0 Å². The van der Waals surface area contributed by atoms with Crippen LogP contribution in [-0.4, -0.2) is 72.6 Å². The van der Waals surface area contributed by atoms with Crippen molar-refractivity contribution in [3.63, 3.8) is 0 Å². The molecule has 2 heterocycles. The third-order valence-corrected chi connectivity index (χ3v) is 6.69. The van der Waals surface area contributed by atoms with E-state index in [1.165, 1.54) is 7.11 Å². The lowest BCUT2D eigenvalue weighted by Gasteiger charge is -2.27. The van der Waals surface area contributed by atoms with E-state index in [0.717, 1.165) is 28.0 Å². The zero-order valence-corrected chi connectivity index (χ0v) is 24.0. The van der Waals surface area contributed by atoms with Crippen LogP contribution >= 0.6 is 11.6 Å². The molecule has 0 radical (unpaired) electrons. The lowest BCUT2D eigenvalue weighted by atomic mass is 10.1. The van der Waals surface area contributed by atoms with Gasteiger partial charge in [0.15, 0.2) is 0 Å². The van der Waals surface area contributed by atoms with Crippen LogP contribution in [0.4, 0.5) is 23.0 Å². The molecule has 40 heavy (non-hydrogen) atoms. The largest absolute Gasteiger partial charge is 0.494 e. The molecule has 4 aromatic rings. The summed E-state index contributed by atoms with van der Waals surface area (Å²) in [6.45, 7) is 1.46. The van der Waals surface area contributed by atoms with E-state index in [9.17, 15) is 9.70 Å². The fraction of sp³-hybridized carbons (Fsp3) is 0.321. The van der Waals surface area contributed by atoms with Crippen molar-refractivity contribution in [2.45, 2.75) is 6.42 Å². The zero-order chi connectivity index (χ0) is 28.8. The maximum Gasteiger partial charge on any atom is 0.254 e. The summed E-state index contributed by atoms with van der Waals surface area (Å²) in [7, 11) is 9.36. The number of benzene rings is 2. The number of amides is 1. The van der Waals surface area contributed by atoms with Gasteiger partial charge in [0.05, 0.1) is 29.5 Å². The number of methoxy groups -OCH3 is 1. The second-order valence-corrected chi connectivity index (χ2v) is 9.94. The maximum atomic E-state index is 12.6. The molecule has 0 spiro atoms. The maximum absolute atomic E-state index is 12.6. The van der Waals surface area contributed by atoms with Crippen molar-refractivity contribution in [3.05, 3.63) is 59.8 Å². The zero-order valence-electron chi connectivity index (χ0n) is 23.3. The van der Waals surface area contributed by atoms with E-state index in [0.29, 0.717) is 29.4 Å². The van der Waals surface area contributed by atoms with Crippen LogP contribution in [0.3, 0.4) is 0 Å². The van der Waals surface area contributed by atoms with Gasteiger partial charge in [0.1, 0.15) is 11.4 Å². The number of para-hydroxylation sites is 1. The second-order valence-electron chi connectivity index (χ2n) is 9.56. The van der Waals surface area contributed by atoms with Gasteiger partial charge in [-0.2, -0.15) is 5.01 Å². The Morgan fingerprint density at radius 2 is 1.90 bits per heavy atom. The molecule has 12 heteroatoms. The van der Waals surface area contributed by atoms with Crippen LogP contribution in [-0.2, 0) is 11.8 Å². The minimum absolute atomic E-state index is 0.0606. The number of carbonyl (C=O) groups is 1. The third kappa shape index (κ3) is 6.16. The number of nitrogens with zero attached hydrogens (tertiary/aromatic N) is 7. The summed E-state index contributed by atoms with van der Waals surface area (Å²) in [5.74, 6) is 0.344. The molecular weight excluding hydrogens is 532 g/mol. The van der Waals surface area contributed by atoms with Crippen LogP contribution in [0, 0.1) is 4.91 Å². The first-order chi connectivity index (χ1) is 19.3. The molecule has 0 atom stereocenters. The molecule has 0 saturated heterocycles. The predicted octanol–water partition coefficient (Wildman–Crippen LogP) is 5.03. The minimum Gasteiger partial charge on any atom is -0.494 e. The Balaban J connectivity index is 1.80. The lowest BCUT2D eigenvalue weighted by Crippen LogP contribution is -2.29. The van der Waals surface area contributed by atoms with Gasteiger partial charge in [-0.05, 0) is 32.3 Å². The molecule has 1 N–H and O–H groups in total. The van der Waals surface area contributed by atoms with Gasteiger partial charge in [-0.3, -0.25) is 4.79 Å². The molecule has 11 nitrogen and oxygen atoms in total. The summed E-state index contributed by atoms with van der Waals surface area (Å²) in [6, 6.07) is 13.2. The summed E-state index contributed by atoms with van der Waals surface area (Å²) in [5.41, 5.74) is 4.04. The highest BCUT2D eigenvalue weighted by Crippen LogP contribution is 2.41. The van der Waals surface area contributed by atoms with Crippen molar-refractivity contribution in [2.75, 3.05) is 62.4 Å². The Bertz CT molecular complexity index is 1510. The van der Waals surface area contributed by atoms with E-state index < -0.39 is 0 Å². The fourth-order valence-corrected chi connectivity index (χ4v) is 4.58. The van der Waals surface area contributed by atoms with Crippen molar-refractivity contribution < 1.29 is 9.53 Å². The Labute approximate surface area is 238 Å². The SMILES string of the molecule is COc1cc(N(C)CCN(C)C)c(NC(=O)CCCl)cc1N(N=O)c1nccc(-c2cn(C)c3ccccc23)n1. The van der Waals surface area contributed by atoms with Gasteiger partial charge in [-0.25, -0.2) is 9.97 Å². The van der Waals surface area contributed by atoms with Crippen LogP contribution in [0.15, 0.2) is 60.1 Å². The molecule has 4 rings (SSSR count). The van der Waals surface area contributed by atoms with Gasteiger partial charge in [0.25, 0.3) is 5.95 Å². The molecule has 2 aromatic heterocycles. The number of rotatable bonds is 12. The Hall–Kier alpha value is -4.22. The molecule has 210 valence electrons. The molecule has 0 fully saturated rings. The number of aromatic nitrogens is 3. The number of nitrogens with one attached hydrogen (secondary N) is 1. The number of fused-ring (bicyclic) bond motifs is 1. The van der Waals surface area contributed by atoms with Crippen LogP contribution < -0.4 is 20.0 Å². The molecular formula is C28H33ClN8O3. The third-order valence-electron chi connectivity index (χ3n) is 6.50. The Morgan fingerprint density at radius 1 is 1.12 bits per heavy atom. The van der Waals surface area contributed by atoms with Gasteiger partial charge >= 0.3 is 0 Å². The summed E-state index contributed by atoms with van der Waals surface area (Å²) in [5, 5.41) is 8.25. The van der Waals surface area contributed by atoms with E-state index in [2.05, 4.69) is 25.5 Å². The molecule has 0 bridgehead atoms. The van der Waals surface area contributed by atoms with Gasteiger partial charge in [-0.15, -0.1) is 16.5 Å². The lowest BCUT2D eigenvalue weighted by molar-refractivity contribution is -0.115. The number of ether oxygens (including phenoxy) is 1. The smallest absolute Gasteiger partial charge is 0.254 e. The first-order valence-corrected chi connectivity index (χ1v) is 13.3. The number of anilines is 4. The number of aryl methyl sites for hydroxylation is 1. The van der Waals surface area contributed by atoms with Crippen LogP contribution in [0.1, 0.15) is 6.42 Å². The minimum atomic E-state index is -0.256. The number of halogens is 1. The number of hydrogen-bond acceptors (Lipinski definition) is 8. The summed E-state index contributed by atoms with van der Waals surface area (Å²) in [6.07, 6.45) is 3.70. The molecule has 0 aliphatic rings. The molecule has 0 unspecified atom stereocenters. The van der Waals surface area contributed by atoms with Gasteiger partial charge < -0.3 is 24.4 Å². The van der Waals surface area contributed by atoms with Crippen molar-refractivity contribution in [1.82, 2.24) is 19.4 Å². The van der Waals surface area contributed by atoms with Gasteiger partial charge in [0, 0.05) is 74.4 Å². The number of hydrogen-bond donors (Lipinski definition) is 1. The highest BCUT2D eigenvalue weighted by Gasteiger charge is 2.24.